The molecule has 0 aliphatic carbocycles. The minimum atomic E-state index is -0.730. The van der Waals surface area contributed by atoms with Crippen LogP contribution in [0.5, 0.6) is 0 Å². The summed E-state index contributed by atoms with van der Waals surface area (Å²) in [6.45, 7) is 1.78. The fraction of sp³-hybridized carbons (Fsp3) is 0.364. The number of H-pyrrole nitrogens is 1. The van der Waals surface area contributed by atoms with Gasteiger partial charge in [-0.25, -0.2) is 4.98 Å². The van der Waals surface area contributed by atoms with E-state index in [0.717, 1.165) is 6.21 Å². The lowest BCUT2D eigenvalue weighted by Crippen LogP contribution is -2.71. The van der Waals surface area contributed by atoms with Crippen molar-refractivity contribution in [2.75, 3.05) is 16.9 Å². The van der Waals surface area contributed by atoms with Gasteiger partial charge in [0, 0.05) is 5.38 Å². The molecule has 2 atom stereocenters. The predicted molar refractivity (Wildman–Crippen MR) is 80.0 cm³/mol. The van der Waals surface area contributed by atoms with Crippen molar-refractivity contribution >= 4 is 41.1 Å². The molecule has 1 saturated heterocycles. The summed E-state index contributed by atoms with van der Waals surface area (Å²) >= 11 is 1.32. The highest BCUT2D eigenvalue weighted by atomic mass is 32.1. The van der Waals surface area contributed by atoms with Crippen molar-refractivity contribution in [3.8, 4) is 0 Å². The van der Waals surface area contributed by atoms with E-state index in [9.17, 15) is 9.59 Å². The summed E-state index contributed by atoms with van der Waals surface area (Å²) in [5, 5.41) is 18.4. The zero-order chi connectivity index (χ0) is 16.4. The van der Waals surface area contributed by atoms with Crippen molar-refractivity contribution < 1.29 is 14.4 Å². The lowest BCUT2D eigenvalue weighted by molar-refractivity contribution is -0.128. The molecule has 1 fully saturated rings. The Hall–Kier alpha value is -2.89. The summed E-state index contributed by atoms with van der Waals surface area (Å²) in [5.74, 6) is -0.294. The third-order valence-corrected chi connectivity index (χ3v) is 3.93. The summed E-state index contributed by atoms with van der Waals surface area (Å²) in [7, 11) is 1.33. The quantitative estimate of drug-likeness (QED) is 0.439. The van der Waals surface area contributed by atoms with Gasteiger partial charge in [0.1, 0.15) is 25.2 Å². The molecule has 0 bridgehead atoms. The highest BCUT2D eigenvalue weighted by molar-refractivity contribution is 7.08. The van der Waals surface area contributed by atoms with Crippen LogP contribution in [0.2, 0.25) is 0 Å². The molecule has 23 heavy (non-hydrogen) atoms. The second-order valence-corrected chi connectivity index (χ2v) is 5.30. The number of β-lactam (4-membered cyclic amide) rings is 1. The monoisotopic (exact) mass is 336 g/mol. The second-order valence-electron chi connectivity index (χ2n) is 4.58. The summed E-state index contributed by atoms with van der Waals surface area (Å²) < 4.78 is 0. The maximum absolute atomic E-state index is 12.5. The van der Waals surface area contributed by atoms with Gasteiger partial charge in [0.15, 0.2) is 0 Å². The number of carbonyl (C=O) groups excluding carboxylic acids is 2. The number of aromatic amines is 1. The first-order valence-electron chi connectivity index (χ1n) is 6.49. The average molecular weight is 336 g/mol. The Kier molecular flexibility index (Phi) is 3.97. The Morgan fingerprint density at radius 2 is 2.43 bits per heavy atom. The second kappa shape index (κ2) is 6.08. The number of hydrogen-bond acceptors (Lipinski definition) is 9. The molecule has 1 aliphatic rings. The van der Waals surface area contributed by atoms with Crippen LogP contribution in [0, 0.1) is 0 Å². The number of aromatic nitrogens is 5. The SMILES string of the molecule is CON=CC(=O)N(c1cscn1)C1C(=O)N(c2nn[nH]n2)C1C. The molecule has 12 heteroatoms. The van der Waals surface area contributed by atoms with Crippen LogP contribution in [0.3, 0.4) is 0 Å². The van der Waals surface area contributed by atoms with Crippen molar-refractivity contribution in [1.82, 2.24) is 25.6 Å². The Balaban J connectivity index is 1.88. The largest absolute Gasteiger partial charge is 0.399 e. The Morgan fingerprint density at radius 3 is 3.00 bits per heavy atom. The number of oxime groups is 1. The minimum Gasteiger partial charge on any atom is -0.399 e. The molecular formula is C11H12N8O3S. The third kappa shape index (κ3) is 2.52. The van der Waals surface area contributed by atoms with E-state index < -0.39 is 11.9 Å². The molecule has 120 valence electrons. The van der Waals surface area contributed by atoms with Crippen LogP contribution in [0.4, 0.5) is 11.8 Å². The zero-order valence-corrected chi connectivity index (χ0v) is 13.0. The van der Waals surface area contributed by atoms with Gasteiger partial charge in [-0.1, -0.05) is 10.3 Å². The number of nitrogens with zero attached hydrogens (tertiary/aromatic N) is 7. The highest BCUT2D eigenvalue weighted by Crippen LogP contribution is 2.31. The number of thiazole rings is 1. The van der Waals surface area contributed by atoms with E-state index in [-0.39, 0.29) is 17.9 Å². The fourth-order valence-corrected chi connectivity index (χ4v) is 2.88. The van der Waals surface area contributed by atoms with Crippen molar-refractivity contribution in [1.29, 1.82) is 0 Å². The predicted octanol–water partition coefficient (Wildman–Crippen LogP) is -0.575. The number of tetrazole rings is 1. The van der Waals surface area contributed by atoms with Crippen LogP contribution in [-0.4, -0.2) is 62.8 Å². The molecule has 2 unspecified atom stereocenters. The van der Waals surface area contributed by atoms with Crippen molar-refractivity contribution in [2.45, 2.75) is 19.0 Å². The number of rotatable bonds is 5. The molecule has 3 heterocycles. The minimum absolute atomic E-state index is 0.162. The van der Waals surface area contributed by atoms with Gasteiger partial charge >= 0.3 is 0 Å². The summed E-state index contributed by atoms with van der Waals surface area (Å²) in [4.78, 5) is 36.1. The van der Waals surface area contributed by atoms with Crippen molar-refractivity contribution in [2.24, 2.45) is 5.16 Å². The van der Waals surface area contributed by atoms with E-state index in [2.05, 4.69) is 35.6 Å². The van der Waals surface area contributed by atoms with Crippen LogP contribution in [-0.2, 0) is 14.4 Å². The standard InChI is InChI=1S/C11H12N8O3S/c1-6-9(10(21)18(6)11-14-16-17-15-11)19(7-4-23-5-12-7)8(20)3-13-22-2/h3-6,9H,1-2H3,(H,14,15,16,17). The van der Waals surface area contributed by atoms with Crippen molar-refractivity contribution in [3.63, 3.8) is 0 Å². The number of hydrogen-bond donors (Lipinski definition) is 1. The molecule has 1 aliphatic heterocycles. The number of amides is 2. The summed E-state index contributed by atoms with van der Waals surface area (Å²) in [5.41, 5.74) is 1.58. The van der Waals surface area contributed by atoms with Gasteiger partial charge in [0.2, 0.25) is 0 Å². The normalized spacial score (nSPS) is 20.6. The van der Waals surface area contributed by atoms with E-state index in [1.807, 2.05) is 0 Å². The van der Waals surface area contributed by atoms with Gasteiger partial charge in [0.25, 0.3) is 17.8 Å². The molecular weight excluding hydrogens is 324 g/mol. The Bertz CT molecular complexity index is 716. The Labute approximate surface area is 133 Å². The van der Waals surface area contributed by atoms with Gasteiger partial charge in [-0.15, -0.1) is 16.4 Å². The maximum atomic E-state index is 12.5. The topological polar surface area (TPSA) is 130 Å². The van der Waals surface area contributed by atoms with E-state index >= 15 is 0 Å². The van der Waals surface area contributed by atoms with Crippen LogP contribution in [0.15, 0.2) is 16.0 Å². The molecule has 2 amide bonds. The molecule has 3 rings (SSSR count). The maximum Gasteiger partial charge on any atom is 0.274 e. The molecule has 2 aromatic rings. The van der Waals surface area contributed by atoms with Gasteiger partial charge in [-0.2, -0.15) is 5.21 Å². The molecule has 0 radical (unpaired) electrons. The molecule has 2 aromatic heterocycles. The molecule has 0 saturated carbocycles. The van der Waals surface area contributed by atoms with Gasteiger partial charge in [-0.3, -0.25) is 19.4 Å². The molecule has 0 aromatic carbocycles. The fourth-order valence-electron chi connectivity index (χ4n) is 2.35. The summed E-state index contributed by atoms with van der Waals surface area (Å²) in [6, 6.07) is -1.08. The van der Waals surface area contributed by atoms with E-state index in [4.69, 9.17) is 0 Å². The highest BCUT2D eigenvalue weighted by Gasteiger charge is 2.52. The lowest BCUT2D eigenvalue weighted by Gasteiger charge is -2.46. The van der Waals surface area contributed by atoms with E-state index in [1.54, 1.807) is 17.8 Å². The molecule has 11 nitrogen and oxygen atoms in total. The number of nitrogens with one attached hydrogen (secondary N) is 1. The van der Waals surface area contributed by atoms with Crippen LogP contribution in [0.1, 0.15) is 6.92 Å². The average Bonchev–Trinajstić information content (AvgIpc) is 3.23. The first-order chi connectivity index (χ1) is 11.1. The van der Waals surface area contributed by atoms with Gasteiger partial charge in [0.05, 0.1) is 11.6 Å². The van der Waals surface area contributed by atoms with E-state index in [1.165, 1.54) is 28.2 Å². The molecule has 0 spiro atoms. The lowest BCUT2D eigenvalue weighted by atomic mass is 9.95. The zero-order valence-electron chi connectivity index (χ0n) is 12.2. The molecule has 1 N–H and O–H groups in total. The van der Waals surface area contributed by atoms with E-state index in [0.29, 0.717) is 5.82 Å². The van der Waals surface area contributed by atoms with Crippen LogP contribution < -0.4 is 9.80 Å². The van der Waals surface area contributed by atoms with Gasteiger partial charge < -0.3 is 4.84 Å². The smallest absolute Gasteiger partial charge is 0.274 e. The Morgan fingerprint density at radius 1 is 1.61 bits per heavy atom. The number of anilines is 2. The van der Waals surface area contributed by atoms with Crippen LogP contribution >= 0.6 is 11.3 Å². The van der Waals surface area contributed by atoms with Crippen molar-refractivity contribution in [3.05, 3.63) is 10.9 Å². The van der Waals surface area contributed by atoms with Gasteiger partial charge in [-0.05, 0) is 12.1 Å². The number of carbonyl (C=O) groups is 2. The first kappa shape index (κ1) is 15.0. The first-order valence-corrected chi connectivity index (χ1v) is 7.44. The summed E-state index contributed by atoms with van der Waals surface area (Å²) in [6.07, 6.45) is 0.996. The van der Waals surface area contributed by atoms with Crippen LogP contribution in [0.25, 0.3) is 0 Å². The third-order valence-electron chi connectivity index (χ3n) is 3.35.